The Balaban J connectivity index is 2.49. The summed E-state index contributed by atoms with van der Waals surface area (Å²) in [4.78, 5) is 0. The fraction of sp³-hybridized carbons (Fsp3) is 0.857. The zero-order valence-corrected chi connectivity index (χ0v) is 6.07. The maximum absolute atomic E-state index is 7.38. The van der Waals surface area contributed by atoms with E-state index in [0.717, 1.165) is 18.8 Å². The smallest absolute Gasteiger partial charge is 0.0125 e. The fourth-order valence-electron chi connectivity index (χ4n) is 1.39. The second kappa shape index (κ2) is 2.48. The topological polar surface area (TPSA) is 35.9 Å². The van der Waals surface area contributed by atoms with E-state index in [4.69, 9.17) is 5.41 Å². The van der Waals surface area contributed by atoms with Crippen molar-refractivity contribution >= 4 is 5.71 Å². The zero-order chi connectivity index (χ0) is 6.85. The summed E-state index contributed by atoms with van der Waals surface area (Å²) in [7, 11) is 0. The van der Waals surface area contributed by atoms with Crippen molar-refractivity contribution < 1.29 is 0 Å². The minimum absolute atomic E-state index is 0.505. The SMILES string of the molecule is CC(=N)C1CNCC1C. The Kier molecular flexibility index (Phi) is 1.86. The lowest BCUT2D eigenvalue weighted by Gasteiger charge is -2.10. The predicted molar refractivity (Wildman–Crippen MR) is 38.9 cm³/mol. The van der Waals surface area contributed by atoms with Gasteiger partial charge >= 0.3 is 0 Å². The minimum atomic E-state index is 0.505. The molecule has 52 valence electrons. The highest BCUT2D eigenvalue weighted by atomic mass is 14.9. The molecule has 1 heterocycles. The van der Waals surface area contributed by atoms with Gasteiger partial charge in [0, 0.05) is 18.2 Å². The Morgan fingerprint density at radius 2 is 2.22 bits per heavy atom. The summed E-state index contributed by atoms with van der Waals surface area (Å²) < 4.78 is 0. The predicted octanol–water partition coefficient (Wildman–Crippen LogP) is 0.882. The van der Waals surface area contributed by atoms with Crippen LogP contribution in [0.1, 0.15) is 13.8 Å². The van der Waals surface area contributed by atoms with Crippen LogP contribution in [-0.4, -0.2) is 18.8 Å². The maximum Gasteiger partial charge on any atom is 0.0125 e. The minimum Gasteiger partial charge on any atom is -0.316 e. The first kappa shape index (κ1) is 6.75. The van der Waals surface area contributed by atoms with Crippen molar-refractivity contribution in [3.8, 4) is 0 Å². The Morgan fingerprint density at radius 3 is 2.44 bits per heavy atom. The first-order chi connectivity index (χ1) is 4.22. The Hall–Kier alpha value is -0.370. The standard InChI is InChI=1S/C7H14N2/c1-5-3-9-4-7(5)6(2)8/h5,7-9H,3-4H2,1-2H3. The van der Waals surface area contributed by atoms with Gasteiger partial charge in [-0.25, -0.2) is 0 Å². The van der Waals surface area contributed by atoms with Crippen molar-refractivity contribution in [1.82, 2.24) is 5.32 Å². The molecule has 0 saturated carbocycles. The molecule has 1 saturated heterocycles. The molecule has 1 aliphatic rings. The molecule has 9 heavy (non-hydrogen) atoms. The van der Waals surface area contributed by atoms with Crippen molar-refractivity contribution in [2.45, 2.75) is 13.8 Å². The van der Waals surface area contributed by atoms with Gasteiger partial charge in [-0.15, -0.1) is 0 Å². The molecule has 2 atom stereocenters. The first-order valence-electron chi connectivity index (χ1n) is 3.47. The molecular weight excluding hydrogens is 112 g/mol. The Bertz CT molecular complexity index is 120. The van der Waals surface area contributed by atoms with Gasteiger partial charge in [-0.3, -0.25) is 0 Å². The molecule has 2 N–H and O–H groups in total. The van der Waals surface area contributed by atoms with E-state index in [1.165, 1.54) is 0 Å². The first-order valence-corrected chi connectivity index (χ1v) is 3.47. The summed E-state index contributed by atoms with van der Waals surface area (Å²) in [5.74, 6) is 1.17. The molecule has 0 aromatic heterocycles. The van der Waals surface area contributed by atoms with Crippen molar-refractivity contribution in [1.29, 1.82) is 5.41 Å². The molecule has 0 aromatic carbocycles. The van der Waals surface area contributed by atoms with Crippen molar-refractivity contribution in [3.63, 3.8) is 0 Å². The highest BCUT2D eigenvalue weighted by molar-refractivity contribution is 5.82. The van der Waals surface area contributed by atoms with E-state index in [0.29, 0.717) is 11.8 Å². The molecular formula is C7H14N2. The zero-order valence-electron chi connectivity index (χ0n) is 6.07. The van der Waals surface area contributed by atoms with E-state index in [9.17, 15) is 0 Å². The van der Waals surface area contributed by atoms with Gasteiger partial charge < -0.3 is 10.7 Å². The molecule has 0 bridgehead atoms. The lowest BCUT2D eigenvalue weighted by molar-refractivity contribution is 0.567. The molecule has 2 heteroatoms. The summed E-state index contributed by atoms with van der Waals surface area (Å²) in [6.45, 7) is 6.19. The van der Waals surface area contributed by atoms with Crippen LogP contribution in [-0.2, 0) is 0 Å². The number of hydrogen-bond acceptors (Lipinski definition) is 2. The van der Waals surface area contributed by atoms with Gasteiger partial charge in [0.1, 0.15) is 0 Å². The van der Waals surface area contributed by atoms with E-state index in [1.807, 2.05) is 6.92 Å². The molecule has 0 aliphatic carbocycles. The molecule has 1 aliphatic heterocycles. The van der Waals surface area contributed by atoms with Crippen molar-refractivity contribution in [2.75, 3.05) is 13.1 Å². The molecule has 0 amide bonds. The van der Waals surface area contributed by atoms with Crippen LogP contribution in [0.5, 0.6) is 0 Å². The lowest BCUT2D eigenvalue weighted by Crippen LogP contribution is -2.17. The van der Waals surface area contributed by atoms with Crippen LogP contribution in [0.4, 0.5) is 0 Å². The van der Waals surface area contributed by atoms with E-state index >= 15 is 0 Å². The lowest BCUT2D eigenvalue weighted by atomic mass is 9.94. The van der Waals surface area contributed by atoms with E-state index in [-0.39, 0.29) is 0 Å². The van der Waals surface area contributed by atoms with Crippen molar-refractivity contribution in [2.24, 2.45) is 11.8 Å². The number of hydrogen-bond donors (Lipinski definition) is 2. The average molecular weight is 126 g/mol. The quantitative estimate of drug-likeness (QED) is 0.503. The van der Waals surface area contributed by atoms with Crippen LogP contribution >= 0.6 is 0 Å². The summed E-state index contributed by atoms with van der Waals surface area (Å²) in [5.41, 5.74) is 0.826. The summed E-state index contributed by atoms with van der Waals surface area (Å²) in [5, 5.41) is 10.6. The fourth-order valence-corrected chi connectivity index (χ4v) is 1.39. The van der Waals surface area contributed by atoms with E-state index in [1.54, 1.807) is 0 Å². The van der Waals surface area contributed by atoms with Crippen LogP contribution in [0.3, 0.4) is 0 Å². The maximum atomic E-state index is 7.38. The van der Waals surface area contributed by atoms with Gasteiger partial charge in [0.05, 0.1) is 0 Å². The van der Waals surface area contributed by atoms with Gasteiger partial charge in [0.25, 0.3) is 0 Å². The van der Waals surface area contributed by atoms with Crippen LogP contribution in [0.2, 0.25) is 0 Å². The van der Waals surface area contributed by atoms with Crippen molar-refractivity contribution in [3.05, 3.63) is 0 Å². The average Bonchev–Trinajstić information content (AvgIpc) is 2.13. The molecule has 0 aromatic rings. The van der Waals surface area contributed by atoms with Gasteiger partial charge in [0.2, 0.25) is 0 Å². The second-order valence-corrected chi connectivity index (χ2v) is 2.93. The molecule has 2 unspecified atom stereocenters. The monoisotopic (exact) mass is 126 g/mol. The normalized spacial score (nSPS) is 34.9. The third kappa shape index (κ3) is 1.30. The third-order valence-electron chi connectivity index (χ3n) is 2.07. The van der Waals surface area contributed by atoms with Gasteiger partial charge in [-0.05, 0) is 19.4 Å². The van der Waals surface area contributed by atoms with Crippen LogP contribution in [0.15, 0.2) is 0 Å². The second-order valence-electron chi connectivity index (χ2n) is 2.93. The summed E-state index contributed by atoms with van der Waals surface area (Å²) in [6, 6.07) is 0. The van der Waals surface area contributed by atoms with Crippen LogP contribution in [0, 0.1) is 17.2 Å². The highest BCUT2D eigenvalue weighted by Gasteiger charge is 2.23. The van der Waals surface area contributed by atoms with Gasteiger partial charge in [-0.1, -0.05) is 6.92 Å². The number of nitrogens with one attached hydrogen (secondary N) is 2. The summed E-state index contributed by atoms with van der Waals surface area (Å²) >= 11 is 0. The third-order valence-corrected chi connectivity index (χ3v) is 2.07. The molecule has 2 nitrogen and oxygen atoms in total. The van der Waals surface area contributed by atoms with Gasteiger partial charge in [-0.2, -0.15) is 0 Å². The molecule has 0 spiro atoms. The largest absolute Gasteiger partial charge is 0.316 e. The van der Waals surface area contributed by atoms with Gasteiger partial charge in [0.15, 0.2) is 0 Å². The Morgan fingerprint density at radius 1 is 1.56 bits per heavy atom. The Labute approximate surface area is 56.2 Å². The van der Waals surface area contributed by atoms with Crippen LogP contribution in [0.25, 0.3) is 0 Å². The van der Waals surface area contributed by atoms with E-state index < -0.39 is 0 Å². The molecule has 0 radical (unpaired) electrons. The number of rotatable bonds is 1. The summed E-state index contributed by atoms with van der Waals surface area (Å²) in [6.07, 6.45) is 0. The van der Waals surface area contributed by atoms with E-state index in [2.05, 4.69) is 12.2 Å². The molecule has 1 fully saturated rings. The van der Waals surface area contributed by atoms with Crippen LogP contribution < -0.4 is 5.32 Å². The molecule has 1 rings (SSSR count). The highest BCUT2D eigenvalue weighted by Crippen LogP contribution is 2.15.